The van der Waals surface area contributed by atoms with E-state index in [0.717, 1.165) is 51.4 Å². The van der Waals surface area contributed by atoms with E-state index in [1.165, 1.54) is 30.4 Å². The summed E-state index contributed by atoms with van der Waals surface area (Å²) in [5.41, 5.74) is 2.61. The Balaban J connectivity index is 1.49. The Morgan fingerprint density at radius 1 is 1.14 bits per heavy atom. The second kappa shape index (κ2) is 10.6. The van der Waals surface area contributed by atoms with E-state index in [1.807, 2.05) is 0 Å². The third kappa shape index (κ3) is 6.20. The summed E-state index contributed by atoms with van der Waals surface area (Å²) in [6.07, 6.45) is 6.82. The van der Waals surface area contributed by atoms with Gasteiger partial charge in [-0.15, -0.1) is 0 Å². The lowest BCUT2D eigenvalue weighted by Gasteiger charge is -2.26. The van der Waals surface area contributed by atoms with Crippen molar-refractivity contribution < 1.29 is 4.79 Å². The first kappa shape index (κ1) is 21.6. The Labute approximate surface area is 175 Å². The summed E-state index contributed by atoms with van der Waals surface area (Å²) in [7, 11) is 5.98. The van der Waals surface area contributed by atoms with E-state index in [2.05, 4.69) is 63.8 Å². The van der Waals surface area contributed by atoms with Gasteiger partial charge in [0.15, 0.2) is 5.96 Å². The fourth-order valence-electron chi connectivity index (χ4n) is 4.48. The maximum atomic E-state index is 12.8. The predicted octanol–water partition coefficient (Wildman–Crippen LogP) is 2.59. The zero-order valence-corrected chi connectivity index (χ0v) is 18.3. The van der Waals surface area contributed by atoms with E-state index in [-0.39, 0.29) is 12.0 Å². The van der Waals surface area contributed by atoms with Crippen molar-refractivity contribution in [2.24, 2.45) is 10.9 Å². The molecule has 0 radical (unpaired) electrons. The van der Waals surface area contributed by atoms with E-state index >= 15 is 0 Å². The average molecular weight is 400 g/mol. The molecule has 3 rings (SSSR count). The third-order valence-corrected chi connectivity index (χ3v) is 6.07. The zero-order chi connectivity index (χ0) is 20.6. The van der Waals surface area contributed by atoms with Crippen LogP contribution in [-0.4, -0.2) is 61.9 Å². The molecule has 1 saturated heterocycles. The molecule has 1 aliphatic heterocycles. The zero-order valence-electron chi connectivity index (χ0n) is 18.3. The molecule has 1 heterocycles. The highest BCUT2D eigenvalue weighted by Crippen LogP contribution is 2.26. The summed E-state index contributed by atoms with van der Waals surface area (Å²) in [4.78, 5) is 21.4. The Bertz CT molecular complexity index is 696. The minimum absolute atomic E-state index is 0.258. The molecule has 2 aliphatic rings. The number of carbonyl (C=O) groups is 1. The fourth-order valence-corrected chi connectivity index (χ4v) is 4.48. The van der Waals surface area contributed by atoms with Gasteiger partial charge in [-0.2, -0.15) is 0 Å². The standard InChI is InChI=1S/C23H37N5O/c1-24-23(25-15-19-11-7-8-12-20(19)16-27(2)3)26-21-13-14-28(17-21)22(29)18-9-5-4-6-10-18/h7-8,11-12,18,21H,4-6,9-10,13-17H2,1-3H3,(H2,24,25,26). The van der Waals surface area contributed by atoms with Gasteiger partial charge in [0.1, 0.15) is 0 Å². The molecule has 2 N–H and O–H groups in total. The molecule has 0 spiro atoms. The fraction of sp³-hybridized carbons (Fsp3) is 0.652. The number of amides is 1. The maximum absolute atomic E-state index is 12.8. The van der Waals surface area contributed by atoms with E-state index in [1.54, 1.807) is 7.05 Å². The smallest absolute Gasteiger partial charge is 0.225 e. The van der Waals surface area contributed by atoms with Crippen molar-refractivity contribution in [3.8, 4) is 0 Å². The highest BCUT2D eigenvalue weighted by atomic mass is 16.2. The summed E-state index contributed by atoms with van der Waals surface area (Å²) in [5, 5.41) is 6.97. The predicted molar refractivity (Wildman–Crippen MR) is 119 cm³/mol. The highest BCUT2D eigenvalue weighted by Gasteiger charge is 2.31. The van der Waals surface area contributed by atoms with Gasteiger partial charge in [-0.3, -0.25) is 9.79 Å². The molecule has 160 valence electrons. The van der Waals surface area contributed by atoms with Crippen molar-refractivity contribution in [1.82, 2.24) is 20.4 Å². The minimum Gasteiger partial charge on any atom is -0.352 e. The van der Waals surface area contributed by atoms with Gasteiger partial charge in [0.05, 0.1) is 0 Å². The monoisotopic (exact) mass is 399 g/mol. The van der Waals surface area contributed by atoms with Gasteiger partial charge in [0.25, 0.3) is 0 Å². The molecule has 1 aromatic carbocycles. The largest absolute Gasteiger partial charge is 0.352 e. The summed E-state index contributed by atoms with van der Waals surface area (Å²) in [6, 6.07) is 8.79. The van der Waals surface area contributed by atoms with Crippen LogP contribution < -0.4 is 10.6 Å². The lowest BCUT2D eigenvalue weighted by Crippen LogP contribution is -2.45. The van der Waals surface area contributed by atoms with Gasteiger partial charge >= 0.3 is 0 Å². The maximum Gasteiger partial charge on any atom is 0.225 e. The number of rotatable bonds is 6. The number of nitrogens with one attached hydrogen (secondary N) is 2. The third-order valence-electron chi connectivity index (χ3n) is 6.07. The summed E-state index contributed by atoms with van der Waals surface area (Å²) < 4.78 is 0. The minimum atomic E-state index is 0.258. The molecular weight excluding hydrogens is 362 g/mol. The molecule has 0 aromatic heterocycles. The van der Waals surface area contributed by atoms with Gasteiger partial charge in [-0.05, 0) is 44.5 Å². The Morgan fingerprint density at radius 3 is 2.55 bits per heavy atom. The van der Waals surface area contributed by atoms with Crippen LogP contribution in [-0.2, 0) is 17.9 Å². The van der Waals surface area contributed by atoms with Gasteiger partial charge < -0.3 is 20.4 Å². The van der Waals surface area contributed by atoms with Crippen LogP contribution >= 0.6 is 0 Å². The average Bonchev–Trinajstić information content (AvgIpc) is 3.20. The van der Waals surface area contributed by atoms with Crippen molar-refractivity contribution in [3.05, 3.63) is 35.4 Å². The molecule has 1 atom stereocenters. The van der Waals surface area contributed by atoms with Crippen LogP contribution in [0.2, 0.25) is 0 Å². The molecule has 29 heavy (non-hydrogen) atoms. The Morgan fingerprint density at radius 2 is 1.86 bits per heavy atom. The molecule has 1 aliphatic carbocycles. The first-order valence-corrected chi connectivity index (χ1v) is 11.0. The lowest BCUT2D eigenvalue weighted by molar-refractivity contribution is -0.135. The number of likely N-dealkylation sites (tertiary alicyclic amines) is 1. The molecule has 6 heteroatoms. The van der Waals surface area contributed by atoms with Gasteiger partial charge in [-0.1, -0.05) is 43.5 Å². The van der Waals surface area contributed by atoms with Crippen molar-refractivity contribution >= 4 is 11.9 Å². The summed E-state index contributed by atoms with van der Waals surface area (Å²) in [5.74, 6) is 1.43. The molecule has 6 nitrogen and oxygen atoms in total. The van der Waals surface area contributed by atoms with Crippen LogP contribution in [0.3, 0.4) is 0 Å². The van der Waals surface area contributed by atoms with E-state index < -0.39 is 0 Å². The number of hydrogen-bond donors (Lipinski definition) is 2. The first-order chi connectivity index (χ1) is 14.1. The van der Waals surface area contributed by atoms with E-state index in [4.69, 9.17) is 0 Å². The van der Waals surface area contributed by atoms with Crippen LogP contribution in [0.1, 0.15) is 49.7 Å². The van der Waals surface area contributed by atoms with Crippen molar-refractivity contribution in [2.75, 3.05) is 34.2 Å². The number of benzene rings is 1. The number of aliphatic imine (C=N–C) groups is 1. The topological polar surface area (TPSA) is 60.0 Å². The number of guanidine groups is 1. The molecule has 0 bridgehead atoms. The molecule has 1 amide bonds. The summed E-state index contributed by atoms with van der Waals surface area (Å²) >= 11 is 0. The molecule has 1 saturated carbocycles. The quantitative estimate of drug-likeness (QED) is 0.570. The number of carbonyl (C=O) groups excluding carboxylic acids is 1. The molecule has 2 fully saturated rings. The van der Waals surface area contributed by atoms with E-state index in [0.29, 0.717) is 5.91 Å². The van der Waals surface area contributed by atoms with Crippen molar-refractivity contribution in [2.45, 2.75) is 57.7 Å². The van der Waals surface area contributed by atoms with Crippen LogP contribution in [0.15, 0.2) is 29.3 Å². The van der Waals surface area contributed by atoms with Gasteiger partial charge in [0.2, 0.25) is 5.91 Å². The normalized spacial score (nSPS) is 20.9. The molecule has 1 aromatic rings. The number of hydrogen-bond acceptors (Lipinski definition) is 3. The molecular formula is C23H37N5O. The van der Waals surface area contributed by atoms with Crippen molar-refractivity contribution in [1.29, 1.82) is 0 Å². The second-order valence-corrected chi connectivity index (χ2v) is 8.68. The molecule has 1 unspecified atom stereocenters. The lowest BCUT2D eigenvalue weighted by atomic mass is 9.88. The van der Waals surface area contributed by atoms with Crippen LogP contribution in [0, 0.1) is 5.92 Å². The summed E-state index contributed by atoms with van der Waals surface area (Å²) in [6.45, 7) is 3.30. The van der Waals surface area contributed by atoms with Crippen molar-refractivity contribution in [3.63, 3.8) is 0 Å². The van der Waals surface area contributed by atoms with Crippen LogP contribution in [0.25, 0.3) is 0 Å². The second-order valence-electron chi connectivity index (χ2n) is 8.68. The van der Waals surface area contributed by atoms with Crippen LogP contribution in [0.4, 0.5) is 0 Å². The SMILES string of the molecule is CN=C(NCc1ccccc1CN(C)C)NC1CCN(C(=O)C2CCCCC2)C1. The van der Waals surface area contributed by atoms with Crippen LogP contribution in [0.5, 0.6) is 0 Å². The Kier molecular flexibility index (Phi) is 7.92. The highest BCUT2D eigenvalue weighted by molar-refractivity contribution is 5.81. The van der Waals surface area contributed by atoms with Gasteiger partial charge in [0, 0.05) is 45.2 Å². The Hall–Kier alpha value is -2.08. The number of nitrogens with zero attached hydrogens (tertiary/aromatic N) is 3. The van der Waals surface area contributed by atoms with Gasteiger partial charge in [-0.25, -0.2) is 0 Å². The first-order valence-electron chi connectivity index (χ1n) is 11.0. The van der Waals surface area contributed by atoms with E-state index in [9.17, 15) is 4.79 Å².